The minimum absolute atomic E-state index is 0.363. The van der Waals surface area contributed by atoms with Gasteiger partial charge in [-0.1, -0.05) is 33.6 Å². The smallest absolute Gasteiger partial charge is 0.0382 e. The van der Waals surface area contributed by atoms with Gasteiger partial charge in [0.25, 0.3) is 0 Å². The van der Waals surface area contributed by atoms with E-state index in [4.69, 9.17) is 5.32 Å². The van der Waals surface area contributed by atoms with Crippen LogP contribution in [0.25, 0.3) is 0 Å². The number of rotatable bonds is 4. The third-order valence-corrected chi connectivity index (χ3v) is 3.69. The summed E-state index contributed by atoms with van der Waals surface area (Å²) < 4.78 is 0. The molecule has 1 rings (SSSR count). The molecule has 2 unspecified atom stereocenters. The van der Waals surface area contributed by atoms with Crippen molar-refractivity contribution in [1.82, 2.24) is 5.32 Å². The van der Waals surface area contributed by atoms with E-state index < -0.39 is 0 Å². The molecule has 1 aliphatic rings. The molecule has 0 saturated carbocycles. The second-order valence-electron chi connectivity index (χ2n) is 4.34. The van der Waals surface area contributed by atoms with Gasteiger partial charge < -0.3 is 0 Å². The molecule has 1 nitrogen and oxygen atoms in total. The minimum atomic E-state index is 0.363. The fraction of sp³-hybridized carbons (Fsp3) is 1.00. The van der Waals surface area contributed by atoms with E-state index in [0.29, 0.717) is 5.54 Å². The lowest BCUT2D eigenvalue weighted by atomic mass is 9.72. The molecule has 1 heteroatoms. The molecule has 1 radical (unpaired) electrons. The summed E-state index contributed by atoms with van der Waals surface area (Å²) in [6, 6.07) is 0. The van der Waals surface area contributed by atoms with E-state index in [9.17, 15) is 0 Å². The van der Waals surface area contributed by atoms with Gasteiger partial charge in [0, 0.05) is 12.1 Å². The molecule has 0 aliphatic carbocycles. The molecule has 1 heterocycles. The Morgan fingerprint density at radius 2 is 2.08 bits per heavy atom. The van der Waals surface area contributed by atoms with Gasteiger partial charge in [0.15, 0.2) is 0 Å². The topological polar surface area (TPSA) is 14.1 Å². The molecule has 77 valence electrons. The highest BCUT2D eigenvalue weighted by Gasteiger charge is 2.37. The highest BCUT2D eigenvalue weighted by molar-refractivity contribution is 4.95. The van der Waals surface area contributed by atoms with Crippen molar-refractivity contribution in [2.75, 3.05) is 6.54 Å². The van der Waals surface area contributed by atoms with Crippen molar-refractivity contribution in [2.24, 2.45) is 5.92 Å². The van der Waals surface area contributed by atoms with E-state index in [-0.39, 0.29) is 0 Å². The maximum Gasteiger partial charge on any atom is 0.0382 e. The van der Waals surface area contributed by atoms with Crippen LogP contribution in [0.2, 0.25) is 0 Å². The minimum Gasteiger partial charge on any atom is -0.235 e. The first-order valence-electron chi connectivity index (χ1n) is 5.97. The Labute approximate surface area is 83.3 Å². The van der Waals surface area contributed by atoms with E-state index in [1.165, 1.54) is 38.5 Å². The van der Waals surface area contributed by atoms with Crippen molar-refractivity contribution in [3.8, 4) is 0 Å². The van der Waals surface area contributed by atoms with E-state index in [1.54, 1.807) is 0 Å². The lowest BCUT2D eigenvalue weighted by molar-refractivity contribution is 0.128. The van der Waals surface area contributed by atoms with Crippen molar-refractivity contribution >= 4 is 0 Å². The van der Waals surface area contributed by atoms with Gasteiger partial charge in [0.05, 0.1) is 0 Å². The fourth-order valence-electron chi connectivity index (χ4n) is 2.91. The van der Waals surface area contributed by atoms with Crippen molar-refractivity contribution in [1.29, 1.82) is 0 Å². The molecule has 0 amide bonds. The fourth-order valence-corrected chi connectivity index (χ4v) is 2.91. The molecule has 0 spiro atoms. The summed E-state index contributed by atoms with van der Waals surface area (Å²) >= 11 is 0. The summed E-state index contributed by atoms with van der Waals surface area (Å²) in [5, 5.41) is 4.92. The molecule has 0 aromatic heterocycles. The van der Waals surface area contributed by atoms with Crippen molar-refractivity contribution in [2.45, 2.75) is 64.8 Å². The lowest BCUT2D eigenvalue weighted by Crippen LogP contribution is -2.49. The number of hydrogen-bond acceptors (Lipinski definition) is 0. The van der Waals surface area contributed by atoms with Gasteiger partial charge in [0.1, 0.15) is 0 Å². The second-order valence-corrected chi connectivity index (χ2v) is 4.34. The lowest BCUT2D eigenvalue weighted by Gasteiger charge is -2.43. The predicted octanol–water partition coefficient (Wildman–Crippen LogP) is 3.36. The van der Waals surface area contributed by atoms with Crippen molar-refractivity contribution in [3.05, 3.63) is 0 Å². The zero-order valence-corrected chi connectivity index (χ0v) is 9.47. The maximum atomic E-state index is 4.92. The van der Waals surface area contributed by atoms with Crippen molar-refractivity contribution in [3.63, 3.8) is 0 Å². The van der Waals surface area contributed by atoms with E-state index in [1.807, 2.05) is 0 Å². The Morgan fingerprint density at radius 3 is 2.62 bits per heavy atom. The van der Waals surface area contributed by atoms with Gasteiger partial charge in [-0.3, -0.25) is 0 Å². The molecular weight excluding hydrogens is 158 g/mol. The first kappa shape index (κ1) is 11.0. The highest BCUT2D eigenvalue weighted by Crippen LogP contribution is 2.36. The Morgan fingerprint density at radius 1 is 1.31 bits per heavy atom. The van der Waals surface area contributed by atoms with Crippen LogP contribution in [-0.4, -0.2) is 12.1 Å². The third-order valence-electron chi connectivity index (χ3n) is 3.69. The Kier molecular flexibility index (Phi) is 4.24. The van der Waals surface area contributed by atoms with Crippen LogP contribution in [0.5, 0.6) is 0 Å². The van der Waals surface area contributed by atoms with Crippen LogP contribution >= 0.6 is 0 Å². The molecule has 1 saturated heterocycles. The van der Waals surface area contributed by atoms with Crippen LogP contribution < -0.4 is 5.32 Å². The number of piperidine rings is 1. The molecule has 0 aromatic rings. The number of hydrogen-bond donors (Lipinski definition) is 0. The summed E-state index contributed by atoms with van der Waals surface area (Å²) in [5.74, 6) is 0.867. The second kappa shape index (κ2) is 4.99. The van der Waals surface area contributed by atoms with Gasteiger partial charge in [0.2, 0.25) is 0 Å². The predicted molar refractivity (Wildman–Crippen MR) is 57.9 cm³/mol. The maximum absolute atomic E-state index is 4.92. The first-order valence-corrected chi connectivity index (χ1v) is 5.97. The summed E-state index contributed by atoms with van der Waals surface area (Å²) in [6.07, 6.45) is 7.89. The molecule has 13 heavy (non-hydrogen) atoms. The van der Waals surface area contributed by atoms with Gasteiger partial charge >= 0.3 is 0 Å². The SMILES string of the molecule is CCCC1(CC)[N]CCCC1CC. The Bertz CT molecular complexity index is 140. The Balaban J connectivity index is 2.66. The van der Waals surface area contributed by atoms with Gasteiger partial charge in [-0.25, -0.2) is 5.32 Å². The average Bonchev–Trinajstić information content (AvgIpc) is 2.19. The van der Waals surface area contributed by atoms with Gasteiger partial charge in [-0.2, -0.15) is 0 Å². The summed E-state index contributed by atoms with van der Waals surface area (Å²) in [7, 11) is 0. The van der Waals surface area contributed by atoms with Crippen LogP contribution in [0.4, 0.5) is 0 Å². The van der Waals surface area contributed by atoms with Crippen LogP contribution in [0.1, 0.15) is 59.3 Å². The van der Waals surface area contributed by atoms with Crippen LogP contribution in [0.3, 0.4) is 0 Å². The average molecular weight is 182 g/mol. The van der Waals surface area contributed by atoms with Crippen LogP contribution in [-0.2, 0) is 0 Å². The normalized spacial score (nSPS) is 34.8. The standard InChI is InChI=1S/C12H24N/c1-4-9-12(6-3)11(5-2)8-7-10-13-12/h11H,4-10H2,1-3H3. The summed E-state index contributed by atoms with van der Waals surface area (Å²) in [6.45, 7) is 8.04. The van der Waals surface area contributed by atoms with E-state index in [0.717, 1.165) is 12.5 Å². The monoisotopic (exact) mass is 182 g/mol. The zero-order valence-electron chi connectivity index (χ0n) is 9.47. The molecule has 1 aliphatic heterocycles. The van der Waals surface area contributed by atoms with E-state index >= 15 is 0 Å². The molecule has 0 N–H and O–H groups in total. The third kappa shape index (κ3) is 2.25. The summed E-state index contributed by atoms with van der Waals surface area (Å²) in [5.41, 5.74) is 0.363. The molecule has 1 fully saturated rings. The van der Waals surface area contributed by atoms with E-state index in [2.05, 4.69) is 20.8 Å². The van der Waals surface area contributed by atoms with Crippen molar-refractivity contribution < 1.29 is 0 Å². The molecule has 2 atom stereocenters. The quantitative estimate of drug-likeness (QED) is 0.633. The molecular formula is C12H24N. The zero-order chi connectivity index (χ0) is 9.73. The summed E-state index contributed by atoms with van der Waals surface area (Å²) in [4.78, 5) is 0. The van der Waals surface area contributed by atoms with Gasteiger partial charge in [-0.05, 0) is 31.6 Å². The molecule has 0 bridgehead atoms. The highest BCUT2D eigenvalue weighted by atomic mass is 15.0. The van der Waals surface area contributed by atoms with Crippen LogP contribution in [0, 0.1) is 5.92 Å². The largest absolute Gasteiger partial charge is 0.235 e. The first-order chi connectivity index (χ1) is 6.29. The van der Waals surface area contributed by atoms with Gasteiger partial charge in [-0.15, -0.1) is 0 Å². The Hall–Kier alpha value is -0.0400. The number of nitrogens with zero attached hydrogens (tertiary/aromatic N) is 1. The van der Waals surface area contributed by atoms with Crippen LogP contribution in [0.15, 0.2) is 0 Å². The molecule has 0 aromatic carbocycles.